The Bertz CT molecular complexity index is 1670. The summed E-state index contributed by atoms with van der Waals surface area (Å²) >= 11 is 0. The number of rotatable bonds is 2. The van der Waals surface area contributed by atoms with Gasteiger partial charge in [0, 0.05) is 23.9 Å². The van der Waals surface area contributed by atoms with E-state index in [1.165, 1.54) is 39.1 Å². The van der Waals surface area contributed by atoms with E-state index in [1.54, 1.807) is 0 Å². The third-order valence-electron chi connectivity index (χ3n) is 8.53. The molecule has 3 aromatic rings. The van der Waals surface area contributed by atoms with Gasteiger partial charge in [0.05, 0.1) is 28.8 Å². The molecule has 0 amide bonds. The third-order valence-corrected chi connectivity index (χ3v) is 8.53. The van der Waals surface area contributed by atoms with Gasteiger partial charge in [0.25, 0.3) is 0 Å². The van der Waals surface area contributed by atoms with Crippen molar-refractivity contribution in [2.24, 2.45) is 10.9 Å². The molecule has 0 saturated heterocycles. The van der Waals surface area contributed by atoms with Crippen LogP contribution >= 0.6 is 0 Å². The molecule has 0 spiro atoms. The summed E-state index contributed by atoms with van der Waals surface area (Å²) in [6.45, 7) is 0. The first-order valence-corrected chi connectivity index (χ1v) is 13.7. The lowest BCUT2D eigenvalue weighted by molar-refractivity contribution is 0.594. The molecule has 2 aromatic heterocycles. The zero-order chi connectivity index (χ0) is 25.1. The van der Waals surface area contributed by atoms with Crippen LogP contribution in [-0.4, -0.2) is 22.2 Å². The molecule has 4 nitrogen and oxygen atoms in total. The van der Waals surface area contributed by atoms with Crippen molar-refractivity contribution in [2.45, 2.75) is 37.8 Å². The molecule has 184 valence electrons. The molecule has 0 radical (unpaired) electrons. The number of hydrogen-bond donors (Lipinski definition) is 1. The van der Waals surface area contributed by atoms with Gasteiger partial charge < -0.3 is 5.32 Å². The lowest BCUT2D eigenvalue weighted by atomic mass is 9.84. The van der Waals surface area contributed by atoms with Gasteiger partial charge in [-0.05, 0) is 83.4 Å². The molecule has 0 bridgehead atoms. The highest BCUT2D eigenvalue weighted by Gasteiger charge is 2.28. The Morgan fingerprint density at radius 2 is 1.82 bits per heavy atom. The molecule has 3 aliphatic carbocycles. The number of aliphatic imine (C=N–C) groups is 1. The molecule has 8 rings (SSSR count). The maximum atomic E-state index is 5.14. The highest BCUT2D eigenvalue weighted by molar-refractivity contribution is 5.76. The fourth-order valence-electron chi connectivity index (χ4n) is 6.47. The van der Waals surface area contributed by atoms with Crippen molar-refractivity contribution in [3.05, 3.63) is 124 Å². The van der Waals surface area contributed by atoms with E-state index in [1.807, 2.05) is 24.6 Å². The Balaban J connectivity index is 1.11. The fourth-order valence-corrected chi connectivity index (χ4v) is 6.47. The summed E-state index contributed by atoms with van der Waals surface area (Å²) in [6.07, 6.45) is 23.8. The quantitative estimate of drug-likeness (QED) is 0.434. The van der Waals surface area contributed by atoms with Gasteiger partial charge in [-0.1, -0.05) is 60.7 Å². The number of aryl methyl sites for hydroxylation is 2. The number of dihydropyridines is 2. The Labute approximate surface area is 223 Å². The standard InChI is InChI=1S/C34H28N4/c1-3-22-7-9-24-13-15-29(37-33(24)31(22)35-17-1)26-11-5-21-6-12-27(20-28(21)19-26)30-16-14-25-10-8-23-4-2-18-36-32(23)34(25)38-30/h1-5,7,9,11,13-20,22,30-31,38H,6,8,10,12H2. The minimum absolute atomic E-state index is 0.0758. The first-order valence-electron chi connectivity index (χ1n) is 13.7. The van der Waals surface area contributed by atoms with Gasteiger partial charge >= 0.3 is 0 Å². The number of pyridine rings is 2. The lowest BCUT2D eigenvalue weighted by Crippen LogP contribution is -2.33. The minimum atomic E-state index is 0.0758. The zero-order valence-corrected chi connectivity index (χ0v) is 21.1. The van der Waals surface area contributed by atoms with E-state index in [0.29, 0.717) is 5.92 Å². The van der Waals surface area contributed by atoms with E-state index < -0.39 is 0 Å². The summed E-state index contributed by atoms with van der Waals surface area (Å²) in [5.41, 5.74) is 13.6. The summed E-state index contributed by atoms with van der Waals surface area (Å²) in [6, 6.07) is 15.7. The highest BCUT2D eigenvalue weighted by Crippen LogP contribution is 2.39. The van der Waals surface area contributed by atoms with Crippen LogP contribution in [0.3, 0.4) is 0 Å². The average Bonchev–Trinajstić information content (AvgIpc) is 3.00. The highest BCUT2D eigenvalue weighted by atomic mass is 15.0. The van der Waals surface area contributed by atoms with E-state index in [-0.39, 0.29) is 12.1 Å². The largest absolute Gasteiger partial charge is 0.373 e. The number of benzene rings is 1. The molecular weight excluding hydrogens is 464 g/mol. The SMILES string of the molecule is C1=CC2C=Cc3ccc(-c4ccc5c(c4)C=C(C4C=CC6=C(N4)c4ncccc4CC6)CC5)nc3C2N=C1. The van der Waals surface area contributed by atoms with Crippen LogP contribution in [0.1, 0.15) is 52.5 Å². The topological polar surface area (TPSA) is 50.2 Å². The average molecular weight is 493 g/mol. The molecular formula is C34H28N4. The smallest absolute Gasteiger partial charge is 0.102 e. The predicted molar refractivity (Wildman–Crippen MR) is 154 cm³/mol. The van der Waals surface area contributed by atoms with Crippen molar-refractivity contribution in [1.29, 1.82) is 0 Å². The Hall–Kier alpha value is -4.31. The fraction of sp³-hybridized carbons (Fsp3) is 0.206. The molecule has 4 heterocycles. The summed E-state index contributed by atoms with van der Waals surface area (Å²) in [7, 11) is 0. The van der Waals surface area contributed by atoms with E-state index >= 15 is 0 Å². The van der Waals surface area contributed by atoms with Crippen molar-refractivity contribution in [2.75, 3.05) is 0 Å². The summed E-state index contributed by atoms with van der Waals surface area (Å²) in [5.74, 6) is 0.294. The predicted octanol–water partition coefficient (Wildman–Crippen LogP) is 6.68. The van der Waals surface area contributed by atoms with Crippen molar-refractivity contribution >= 4 is 24.1 Å². The maximum absolute atomic E-state index is 5.14. The third kappa shape index (κ3) is 3.55. The first kappa shape index (κ1) is 21.7. The molecule has 3 unspecified atom stereocenters. The Kier molecular flexibility index (Phi) is 4.94. The van der Waals surface area contributed by atoms with Crippen LogP contribution in [0.25, 0.3) is 29.1 Å². The molecule has 4 heteroatoms. The van der Waals surface area contributed by atoms with E-state index in [9.17, 15) is 0 Å². The normalized spacial score (nSPS) is 24.0. The molecule has 1 N–H and O–H groups in total. The van der Waals surface area contributed by atoms with Gasteiger partial charge in [-0.15, -0.1) is 0 Å². The van der Waals surface area contributed by atoms with Crippen LogP contribution in [0.4, 0.5) is 0 Å². The van der Waals surface area contributed by atoms with E-state index in [0.717, 1.165) is 48.3 Å². The van der Waals surface area contributed by atoms with Gasteiger partial charge in [-0.2, -0.15) is 0 Å². The summed E-state index contributed by atoms with van der Waals surface area (Å²) in [5, 5.41) is 3.84. The van der Waals surface area contributed by atoms with Crippen molar-refractivity contribution in [3.63, 3.8) is 0 Å². The first-order chi connectivity index (χ1) is 18.8. The summed E-state index contributed by atoms with van der Waals surface area (Å²) in [4.78, 5) is 14.6. The summed E-state index contributed by atoms with van der Waals surface area (Å²) < 4.78 is 0. The second-order valence-electron chi connectivity index (χ2n) is 10.8. The van der Waals surface area contributed by atoms with Gasteiger partial charge in [0.15, 0.2) is 0 Å². The minimum Gasteiger partial charge on any atom is -0.373 e. The Morgan fingerprint density at radius 1 is 0.842 bits per heavy atom. The second kappa shape index (κ2) is 8.63. The number of nitrogens with zero attached hydrogens (tertiary/aromatic N) is 3. The number of aromatic nitrogens is 2. The molecule has 2 aliphatic heterocycles. The number of allylic oxidation sites excluding steroid dienone is 3. The maximum Gasteiger partial charge on any atom is 0.102 e. The van der Waals surface area contributed by atoms with E-state index in [4.69, 9.17) is 15.0 Å². The van der Waals surface area contributed by atoms with Crippen LogP contribution in [0.15, 0.2) is 95.2 Å². The van der Waals surface area contributed by atoms with E-state index in [2.05, 4.69) is 78.2 Å². The van der Waals surface area contributed by atoms with Gasteiger partial charge in [-0.3, -0.25) is 9.98 Å². The number of hydrogen-bond acceptors (Lipinski definition) is 4. The molecule has 38 heavy (non-hydrogen) atoms. The van der Waals surface area contributed by atoms with Crippen LogP contribution < -0.4 is 5.32 Å². The lowest BCUT2D eigenvalue weighted by Gasteiger charge is -2.31. The molecule has 0 fully saturated rings. The van der Waals surface area contributed by atoms with Crippen LogP contribution in [-0.2, 0) is 12.8 Å². The molecule has 5 aliphatic rings. The van der Waals surface area contributed by atoms with Crippen LogP contribution in [0, 0.1) is 5.92 Å². The van der Waals surface area contributed by atoms with Crippen LogP contribution in [0.5, 0.6) is 0 Å². The number of fused-ring (bicyclic) bond motifs is 6. The number of nitrogens with one attached hydrogen (secondary N) is 1. The van der Waals surface area contributed by atoms with Crippen LogP contribution in [0.2, 0.25) is 0 Å². The van der Waals surface area contributed by atoms with Gasteiger partial charge in [0.1, 0.15) is 6.04 Å². The monoisotopic (exact) mass is 492 g/mol. The van der Waals surface area contributed by atoms with Crippen molar-refractivity contribution in [3.8, 4) is 11.3 Å². The molecule has 3 atom stereocenters. The Morgan fingerprint density at radius 3 is 2.82 bits per heavy atom. The van der Waals surface area contributed by atoms with Gasteiger partial charge in [-0.25, -0.2) is 4.98 Å². The molecule has 0 saturated carbocycles. The van der Waals surface area contributed by atoms with Crippen molar-refractivity contribution < 1.29 is 0 Å². The van der Waals surface area contributed by atoms with Crippen molar-refractivity contribution in [1.82, 2.24) is 15.3 Å². The van der Waals surface area contributed by atoms with Gasteiger partial charge in [0.2, 0.25) is 0 Å². The second-order valence-corrected chi connectivity index (χ2v) is 10.8. The zero-order valence-electron chi connectivity index (χ0n) is 21.1. The molecule has 1 aromatic carbocycles.